The van der Waals surface area contributed by atoms with Gasteiger partial charge in [0.2, 0.25) is 11.7 Å². The van der Waals surface area contributed by atoms with Gasteiger partial charge in [0.05, 0.1) is 10.3 Å². The van der Waals surface area contributed by atoms with Crippen LogP contribution in [-0.4, -0.2) is 40.3 Å². The van der Waals surface area contributed by atoms with E-state index in [4.69, 9.17) is 10.0 Å². The summed E-state index contributed by atoms with van der Waals surface area (Å²) in [6.45, 7) is 1.00. The van der Waals surface area contributed by atoms with Gasteiger partial charge in [0.1, 0.15) is 5.82 Å². The van der Waals surface area contributed by atoms with E-state index in [0.29, 0.717) is 30.5 Å². The molecule has 11 heteroatoms. The van der Waals surface area contributed by atoms with Crippen LogP contribution in [0.25, 0.3) is 0 Å². The van der Waals surface area contributed by atoms with Gasteiger partial charge in [-0.1, -0.05) is 5.16 Å². The standard InChI is InChI=1S/C15H17BrFN7O2/c16-10-7-9(3-4-11(10)17)21-15(22-25)12-14(24-26-23-12)20-6-5-19-13(18)8-1-2-8/h3-4,7-8,25H,1-2,5-6H2,(H2,18,19)(H,20,24)(H,21,22). The van der Waals surface area contributed by atoms with Crippen molar-refractivity contribution >= 4 is 39.1 Å². The highest BCUT2D eigenvalue weighted by Crippen LogP contribution is 2.28. The maximum Gasteiger partial charge on any atom is 0.203 e. The minimum Gasteiger partial charge on any atom is -0.409 e. The molecular weight excluding hydrogens is 409 g/mol. The van der Waals surface area contributed by atoms with Gasteiger partial charge in [0.25, 0.3) is 0 Å². The number of nitrogens with one attached hydrogen (secondary N) is 4. The molecule has 0 atom stereocenters. The summed E-state index contributed by atoms with van der Waals surface area (Å²) < 4.78 is 18.3. The third kappa shape index (κ3) is 4.48. The fourth-order valence-corrected chi connectivity index (χ4v) is 2.58. The molecule has 2 aromatic rings. The van der Waals surface area contributed by atoms with Crippen LogP contribution in [-0.2, 0) is 0 Å². The first-order valence-electron chi connectivity index (χ1n) is 7.91. The molecule has 1 heterocycles. The van der Waals surface area contributed by atoms with Gasteiger partial charge in [0.15, 0.2) is 5.69 Å². The predicted octanol–water partition coefficient (Wildman–Crippen LogP) is 2.61. The summed E-state index contributed by atoms with van der Waals surface area (Å²) in [6, 6.07) is 4.25. The molecule has 5 N–H and O–H groups in total. The molecule has 0 aliphatic heterocycles. The van der Waals surface area contributed by atoms with Gasteiger partial charge in [-0.2, -0.15) is 0 Å². The van der Waals surface area contributed by atoms with E-state index in [9.17, 15) is 9.60 Å². The van der Waals surface area contributed by atoms with Gasteiger partial charge in [-0.3, -0.25) is 5.41 Å². The second-order valence-electron chi connectivity index (χ2n) is 5.71. The first-order chi connectivity index (χ1) is 12.6. The Morgan fingerprint density at radius 1 is 1.38 bits per heavy atom. The van der Waals surface area contributed by atoms with Crippen molar-refractivity contribution in [3.05, 3.63) is 34.2 Å². The SMILES string of the molecule is N=C(NCCNc1nonc1/C(=N/O)Nc1ccc(F)c(Br)c1)C1CC1. The van der Waals surface area contributed by atoms with Crippen LogP contribution >= 0.6 is 15.9 Å². The smallest absolute Gasteiger partial charge is 0.203 e. The van der Waals surface area contributed by atoms with E-state index >= 15 is 0 Å². The summed E-state index contributed by atoms with van der Waals surface area (Å²) in [5.41, 5.74) is 0.657. The Labute approximate surface area is 156 Å². The highest BCUT2D eigenvalue weighted by atomic mass is 79.9. The molecule has 26 heavy (non-hydrogen) atoms. The second-order valence-corrected chi connectivity index (χ2v) is 6.56. The number of oxime groups is 1. The summed E-state index contributed by atoms with van der Waals surface area (Å²) in [5, 5.41) is 36.5. The zero-order chi connectivity index (χ0) is 18.5. The van der Waals surface area contributed by atoms with Crippen molar-refractivity contribution in [3.8, 4) is 0 Å². The average Bonchev–Trinajstić information content (AvgIpc) is 3.39. The van der Waals surface area contributed by atoms with E-state index in [-0.39, 0.29) is 21.8 Å². The average molecular weight is 426 g/mol. The van der Waals surface area contributed by atoms with E-state index in [1.54, 1.807) is 0 Å². The molecule has 0 saturated heterocycles. The first kappa shape index (κ1) is 18.1. The molecule has 1 saturated carbocycles. The van der Waals surface area contributed by atoms with Crippen molar-refractivity contribution in [2.45, 2.75) is 12.8 Å². The van der Waals surface area contributed by atoms with Gasteiger partial charge in [-0.15, -0.1) is 0 Å². The Morgan fingerprint density at radius 2 is 2.19 bits per heavy atom. The molecule has 1 aliphatic rings. The maximum absolute atomic E-state index is 13.3. The molecule has 1 aromatic carbocycles. The molecule has 1 aromatic heterocycles. The molecule has 3 rings (SSSR count). The lowest BCUT2D eigenvalue weighted by Gasteiger charge is -2.09. The zero-order valence-electron chi connectivity index (χ0n) is 13.6. The molecule has 0 amide bonds. The monoisotopic (exact) mass is 425 g/mol. The number of rotatable bonds is 7. The third-order valence-corrected chi connectivity index (χ3v) is 4.32. The van der Waals surface area contributed by atoms with E-state index in [2.05, 4.69) is 47.3 Å². The topological polar surface area (TPSA) is 131 Å². The van der Waals surface area contributed by atoms with Gasteiger partial charge < -0.3 is 21.2 Å². The highest BCUT2D eigenvalue weighted by molar-refractivity contribution is 9.10. The quantitative estimate of drug-likeness (QED) is 0.151. The van der Waals surface area contributed by atoms with Gasteiger partial charge >= 0.3 is 0 Å². The van der Waals surface area contributed by atoms with Crippen LogP contribution in [0, 0.1) is 17.1 Å². The van der Waals surface area contributed by atoms with E-state index in [1.807, 2.05) is 0 Å². The van der Waals surface area contributed by atoms with E-state index in [0.717, 1.165) is 12.8 Å². The number of hydrogen-bond acceptors (Lipinski definition) is 7. The van der Waals surface area contributed by atoms with Crippen LogP contribution in [0.5, 0.6) is 0 Å². The lowest BCUT2D eigenvalue weighted by molar-refractivity contribution is 0.305. The lowest BCUT2D eigenvalue weighted by atomic mass is 10.3. The van der Waals surface area contributed by atoms with E-state index < -0.39 is 5.82 Å². The largest absolute Gasteiger partial charge is 0.409 e. The van der Waals surface area contributed by atoms with Crippen molar-refractivity contribution in [2.75, 3.05) is 23.7 Å². The van der Waals surface area contributed by atoms with Crippen LogP contribution in [0.1, 0.15) is 18.5 Å². The molecule has 1 fully saturated rings. The molecule has 0 radical (unpaired) electrons. The number of anilines is 2. The predicted molar refractivity (Wildman–Crippen MR) is 97.3 cm³/mol. The van der Waals surface area contributed by atoms with Gasteiger partial charge in [0, 0.05) is 24.7 Å². The number of halogens is 2. The molecular formula is C15H17BrFN7O2. The molecule has 0 unspecified atom stereocenters. The normalized spacial score (nSPS) is 14.2. The molecule has 138 valence electrons. The second kappa shape index (κ2) is 8.13. The maximum atomic E-state index is 13.3. The number of aromatic nitrogens is 2. The van der Waals surface area contributed by atoms with Crippen molar-refractivity contribution in [1.82, 2.24) is 15.6 Å². The number of benzene rings is 1. The van der Waals surface area contributed by atoms with Crippen LogP contribution in [0.15, 0.2) is 32.5 Å². The molecule has 9 nitrogen and oxygen atoms in total. The highest BCUT2D eigenvalue weighted by Gasteiger charge is 2.26. The van der Waals surface area contributed by atoms with Crippen LogP contribution < -0.4 is 16.0 Å². The Morgan fingerprint density at radius 3 is 2.88 bits per heavy atom. The third-order valence-electron chi connectivity index (χ3n) is 3.71. The summed E-state index contributed by atoms with van der Waals surface area (Å²) in [7, 11) is 0. The van der Waals surface area contributed by atoms with Crippen LogP contribution in [0.2, 0.25) is 0 Å². The number of nitrogens with zero attached hydrogens (tertiary/aromatic N) is 3. The fourth-order valence-electron chi connectivity index (χ4n) is 2.20. The molecule has 0 bridgehead atoms. The van der Waals surface area contributed by atoms with Crippen molar-refractivity contribution in [1.29, 1.82) is 5.41 Å². The van der Waals surface area contributed by atoms with E-state index in [1.165, 1.54) is 18.2 Å². The first-order valence-corrected chi connectivity index (χ1v) is 8.71. The minimum atomic E-state index is -0.409. The molecule has 0 spiro atoms. The fraction of sp³-hybridized carbons (Fsp3) is 0.333. The number of hydrogen-bond donors (Lipinski definition) is 5. The van der Waals surface area contributed by atoms with Gasteiger partial charge in [-0.05, 0) is 57.3 Å². The summed E-state index contributed by atoms with van der Waals surface area (Å²) in [6.07, 6.45) is 2.14. The Kier molecular flexibility index (Phi) is 5.66. The zero-order valence-corrected chi connectivity index (χ0v) is 15.2. The summed E-state index contributed by atoms with van der Waals surface area (Å²) in [4.78, 5) is 0. The summed E-state index contributed by atoms with van der Waals surface area (Å²) >= 11 is 3.09. The lowest BCUT2D eigenvalue weighted by Crippen LogP contribution is -2.29. The van der Waals surface area contributed by atoms with Crippen molar-refractivity contribution in [2.24, 2.45) is 11.1 Å². The number of amidine groups is 2. The van der Waals surface area contributed by atoms with Crippen molar-refractivity contribution in [3.63, 3.8) is 0 Å². The van der Waals surface area contributed by atoms with Gasteiger partial charge in [-0.25, -0.2) is 9.02 Å². The Hall–Kier alpha value is -2.69. The minimum absolute atomic E-state index is 0.00839. The van der Waals surface area contributed by atoms with Crippen LogP contribution in [0.4, 0.5) is 15.9 Å². The van der Waals surface area contributed by atoms with Crippen molar-refractivity contribution < 1.29 is 14.2 Å². The Balaban J connectivity index is 1.59. The summed E-state index contributed by atoms with van der Waals surface area (Å²) in [5.74, 6) is 0.781. The molecule has 1 aliphatic carbocycles. The van der Waals surface area contributed by atoms with Crippen LogP contribution in [0.3, 0.4) is 0 Å². The Bertz CT molecular complexity index is 822.